The zero-order chi connectivity index (χ0) is 14.0. The third-order valence-electron chi connectivity index (χ3n) is 3.28. The second-order valence-corrected chi connectivity index (χ2v) is 5.56. The van der Waals surface area contributed by atoms with Gasteiger partial charge < -0.3 is 11.1 Å². The minimum atomic E-state index is -4.35. The monoisotopic (exact) mass is 266 g/mol. The van der Waals surface area contributed by atoms with E-state index in [0.717, 1.165) is 6.42 Å². The van der Waals surface area contributed by atoms with Gasteiger partial charge in [-0.3, -0.25) is 4.79 Å². The van der Waals surface area contributed by atoms with Gasteiger partial charge in [0, 0.05) is 6.42 Å². The SMILES string of the molecule is CC(C)CC(CN)CC(=O)NC1(C(F)(F)F)CC1. The predicted octanol–water partition coefficient (Wildman–Crippen LogP) is 2.21. The van der Waals surface area contributed by atoms with Gasteiger partial charge in [0.25, 0.3) is 0 Å². The number of alkyl halides is 3. The summed E-state index contributed by atoms with van der Waals surface area (Å²) in [4.78, 5) is 11.6. The molecule has 0 aliphatic heterocycles. The smallest absolute Gasteiger partial charge is 0.342 e. The van der Waals surface area contributed by atoms with Crippen LogP contribution in [0, 0.1) is 11.8 Å². The Morgan fingerprint density at radius 3 is 2.28 bits per heavy atom. The lowest BCUT2D eigenvalue weighted by molar-refractivity contribution is -0.170. The van der Waals surface area contributed by atoms with E-state index in [2.05, 4.69) is 5.32 Å². The summed E-state index contributed by atoms with van der Waals surface area (Å²) in [7, 11) is 0. The van der Waals surface area contributed by atoms with Crippen LogP contribution in [0.3, 0.4) is 0 Å². The zero-order valence-corrected chi connectivity index (χ0v) is 10.8. The van der Waals surface area contributed by atoms with Crippen molar-refractivity contribution in [3.8, 4) is 0 Å². The molecule has 18 heavy (non-hydrogen) atoms. The van der Waals surface area contributed by atoms with Gasteiger partial charge in [-0.1, -0.05) is 13.8 Å². The van der Waals surface area contributed by atoms with E-state index in [1.54, 1.807) is 0 Å². The molecule has 3 N–H and O–H groups in total. The second kappa shape index (κ2) is 5.47. The fourth-order valence-corrected chi connectivity index (χ4v) is 2.11. The highest BCUT2D eigenvalue weighted by molar-refractivity contribution is 5.77. The van der Waals surface area contributed by atoms with Crippen LogP contribution in [-0.4, -0.2) is 24.2 Å². The molecule has 3 nitrogen and oxygen atoms in total. The third kappa shape index (κ3) is 3.86. The van der Waals surface area contributed by atoms with Gasteiger partial charge in [-0.2, -0.15) is 13.2 Å². The highest BCUT2D eigenvalue weighted by Gasteiger charge is 2.64. The highest BCUT2D eigenvalue weighted by atomic mass is 19.4. The van der Waals surface area contributed by atoms with E-state index in [-0.39, 0.29) is 25.2 Å². The quantitative estimate of drug-likeness (QED) is 0.774. The first-order valence-electron chi connectivity index (χ1n) is 6.28. The number of amides is 1. The Balaban J connectivity index is 2.47. The first-order chi connectivity index (χ1) is 8.20. The van der Waals surface area contributed by atoms with Crippen LogP contribution in [0.15, 0.2) is 0 Å². The van der Waals surface area contributed by atoms with Crippen molar-refractivity contribution in [1.29, 1.82) is 0 Å². The maximum Gasteiger partial charge on any atom is 0.411 e. The van der Waals surface area contributed by atoms with Gasteiger partial charge in [0.15, 0.2) is 0 Å². The maximum absolute atomic E-state index is 12.6. The molecule has 1 saturated carbocycles. The summed E-state index contributed by atoms with van der Waals surface area (Å²) in [5, 5.41) is 2.13. The molecule has 1 fully saturated rings. The molecule has 0 spiro atoms. The summed E-state index contributed by atoms with van der Waals surface area (Å²) >= 11 is 0. The Morgan fingerprint density at radius 2 is 1.94 bits per heavy atom. The summed E-state index contributed by atoms with van der Waals surface area (Å²) in [6.45, 7) is 4.32. The standard InChI is InChI=1S/C12H21F3N2O/c1-8(2)5-9(7-16)6-10(18)17-11(3-4-11)12(13,14)15/h8-9H,3-7,16H2,1-2H3,(H,17,18). The van der Waals surface area contributed by atoms with Crippen molar-refractivity contribution >= 4 is 5.91 Å². The Labute approximate surface area is 105 Å². The summed E-state index contributed by atoms with van der Waals surface area (Å²) in [6.07, 6.45) is -3.55. The minimum Gasteiger partial charge on any atom is -0.342 e. The first-order valence-corrected chi connectivity index (χ1v) is 6.28. The molecule has 0 aromatic rings. The molecule has 0 bridgehead atoms. The van der Waals surface area contributed by atoms with Crippen LogP contribution in [0.25, 0.3) is 0 Å². The number of carbonyl (C=O) groups is 1. The van der Waals surface area contributed by atoms with Crippen LogP contribution in [-0.2, 0) is 4.79 Å². The molecule has 0 radical (unpaired) electrons. The van der Waals surface area contributed by atoms with Crippen molar-refractivity contribution in [3.05, 3.63) is 0 Å². The van der Waals surface area contributed by atoms with Crippen molar-refractivity contribution in [1.82, 2.24) is 5.32 Å². The molecule has 1 unspecified atom stereocenters. The lowest BCUT2D eigenvalue weighted by Gasteiger charge is -2.23. The Bertz CT molecular complexity index is 298. The molecule has 106 valence electrons. The van der Waals surface area contributed by atoms with E-state index >= 15 is 0 Å². The van der Waals surface area contributed by atoms with E-state index in [4.69, 9.17) is 5.73 Å². The zero-order valence-electron chi connectivity index (χ0n) is 10.8. The van der Waals surface area contributed by atoms with Gasteiger partial charge in [-0.05, 0) is 37.6 Å². The van der Waals surface area contributed by atoms with Gasteiger partial charge in [0.05, 0.1) is 0 Å². The third-order valence-corrected chi connectivity index (χ3v) is 3.28. The van der Waals surface area contributed by atoms with Crippen molar-refractivity contribution in [2.24, 2.45) is 17.6 Å². The molecular formula is C12H21F3N2O. The fraction of sp³-hybridized carbons (Fsp3) is 0.917. The van der Waals surface area contributed by atoms with Gasteiger partial charge in [0.2, 0.25) is 5.91 Å². The number of hydrogen-bond acceptors (Lipinski definition) is 2. The van der Waals surface area contributed by atoms with Gasteiger partial charge in [-0.15, -0.1) is 0 Å². The van der Waals surface area contributed by atoms with E-state index in [1.807, 2.05) is 13.8 Å². The summed E-state index contributed by atoms with van der Waals surface area (Å²) in [5.74, 6) is -0.209. The summed E-state index contributed by atoms with van der Waals surface area (Å²) < 4.78 is 37.9. The maximum atomic E-state index is 12.6. The Hall–Kier alpha value is -0.780. The molecule has 0 heterocycles. The highest BCUT2D eigenvalue weighted by Crippen LogP contribution is 2.48. The number of halogens is 3. The first kappa shape index (κ1) is 15.3. The van der Waals surface area contributed by atoms with E-state index in [0.29, 0.717) is 12.5 Å². The molecule has 0 aromatic heterocycles. The lowest BCUT2D eigenvalue weighted by atomic mass is 9.94. The van der Waals surface area contributed by atoms with Gasteiger partial charge in [-0.25, -0.2) is 0 Å². The minimum absolute atomic E-state index is 0.0142. The van der Waals surface area contributed by atoms with Crippen molar-refractivity contribution in [2.45, 2.75) is 51.2 Å². The van der Waals surface area contributed by atoms with Gasteiger partial charge >= 0.3 is 6.18 Å². The average molecular weight is 266 g/mol. The van der Waals surface area contributed by atoms with Crippen molar-refractivity contribution in [3.63, 3.8) is 0 Å². The number of nitrogens with one attached hydrogen (secondary N) is 1. The molecule has 0 saturated heterocycles. The topological polar surface area (TPSA) is 55.1 Å². The van der Waals surface area contributed by atoms with Gasteiger partial charge in [0.1, 0.15) is 5.54 Å². The number of hydrogen-bond donors (Lipinski definition) is 2. The molecular weight excluding hydrogens is 245 g/mol. The molecule has 1 rings (SSSR count). The second-order valence-electron chi connectivity index (χ2n) is 5.56. The molecule has 6 heteroatoms. The molecule has 0 aromatic carbocycles. The number of carbonyl (C=O) groups excluding carboxylic acids is 1. The average Bonchev–Trinajstić information content (AvgIpc) is 2.95. The van der Waals surface area contributed by atoms with E-state index < -0.39 is 17.6 Å². The molecule has 1 amide bonds. The number of nitrogens with two attached hydrogens (primary N) is 1. The predicted molar refractivity (Wildman–Crippen MR) is 62.8 cm³/mol. The Kier molecular flexibility index (Phi) is 4.64. The molecule has 1 atom stereocenters. The van der Waals surface area contributed by atoms with Crippen LogP contribution in [0.2, 0.25) is 0 Å². The van der Waals surface area contributed by atoms with Crippen LogP contribution in [0.5, 0.6) is 0 Å². The fourth-order valence-electron chi connectivity index (χ4n) is 2.11. The summed E-state index contributed by atoms with van der Waals surface area (Å²) in [5.41, 5.74) is 3.58. The largest absolute Gasteiger partial charge is 0.411 e. The van der Waals surface area contributed by atoms with E-state index in [1.165, 1.54) is 0 Å². The Morgan fingerprint density at radius 1 is 1.39 bits per heavy atom. The molecule has 1 aliphatic carbocycles. The molecule has 1 aliphatic rings. The van der Waals surface area contributed by atoms with Crippen LogP contribution >= 0.6 is 0 Å². The summed E-state index contributed by atoms with van der Waals surface area (Å²) in [6, 6.07) is 0. The lowest BCUT2D eigenvalue weighted by Crippen LogP contribution is -2.48. The van der Waals surface area contributed by atoms with E-state index in [9.17, 15) is 18.0 Å². The van der Waals surface area contributed by atoms with Crippen LogP contribution in [0.1, 0.15) is 39.5 Å². The van der Waals surface area contributed by atoms with Crippen molar-refractivity contribution < 1.29 is 18.0 Å². The number of rotatable bonds is 6. The van der Waals surface area contributed by atoms with Crippen molar-refractivity contribution in [2.75, 3.05) is 6.54 Å². The van der Waals surface area contributed by atoms with Crippen LogP contribution < -0.4 is 11.1 Å². The normalized spacial score (nSPS) is 19.7. The van der Waals surface area contributed by atoms with Crippen LogP contribution in [0.4, 0.5) is 13.2 Å².